The summed E-state index contributed by atoms with van der Waals surface area (Å²) < 4.78 is 15.9. The van der Waals surface area contributed by atoms with Crippen molar-refractivity contribution in [1.82, 2.24) is 4.98 Å². The summed E-state index contributed by atoms with van der Waals surface area (Å²) >= 11 is 0. The van der Waals surface area contributed by atoms with Crippen LogP contribution in [0.4, 0.5) is 5.69 Å². The molecule has 0 spiro atoms. The molecule has 3 aromatic rings. The maximum atomic E-state index is 13.4. The van der Waals surface area contributed by atoms with Crippen LogP contribution in [0.5, 0.6) is 11.5 Å². The second kappa shape index (κ2) is 10.5. The van der Waals surface area contributed by atoms with Gasteiger partial charge >= 0.3 is 5.97 Å². The second-order valence-electron chi connectivity index (χ2n) is 8.52. The average Bonchev–Trinajstić information content (AvgIpc) is 3.18. The van der Waals surface area contributed by atoms with Crippen molar-refractivity contribution >= 4 is 29.1 Å². The number of anilines is 1. The van der Waals surface area contributed by atoms with E-state index < -0.39 is 29.5 Å². The number of ether oxygens (including phenoxy) is 3. The molecule has 0 saturated carbocycles. The minimum Gasteiger partial charge on any atom is -0.507 e. The fraction of sp³-hybridized carbons (Fsp3) is 0.214. The molecule has 1 aliphatic heterocycles. The van der Waals surface area contributed by atoms with Gasteiger partial charge in [0.15, 0.2) is 0 Å². The number of carbonyl (C=O) groups is 3. The Hall–Kier alpha value is -4.66. The number of amides is 1. The van der Waals surface area contributed by atoms with Gasteiger partial charge in [0.2, 0.25) is 0 Å². The van der Waals surface area contributed by atoms with Crippen LogP contribution < -0.4 is 14.4 Å². The summed E-state index contributed by atoms with van der Waals surface area (Å²) in [5.74, 6) is -1.88. The van der Waals surface area contributed by atoms with Gasteiger partial charge in [0, 0.05) is 18.1 Å². The van der Waals surface area contributed by atoms with Crippen molar-refractivity contribution in [2.75, 3.05) is 19.1 Å². The molecule has 9 heteroatoms. The number of methoxy groups -OCH3 is 2. The summed E-state index contributed by atoms with van der Waals surface area (Å²) in [6.07, 6.45) is 2.78. The number of aliphatic hydroxyl groups excluding tert-OH is 1. The van der Waals surface area contributed by atoms with Crippen LogP contribution in [0.25, 0.3) is 5.76 Å². The highest BCUT2D eigenvalue weighted by Crippen LogP contribution is 2.43. The van der Waals surface area contributed by atoms with Crippen LogP contribution in [0.1, 0.15) is 41.4 Å². The Labute approximate surface area is 213 Å². The molecule has 1 saturated heterocycles. The van der Waals surface area contributed by atoms with Crippen LogP contribution in [0.2, 0.25) is 0 Å². The van der Waals surface area contributed by atoms with Crippen molar-refractivity contribution in [1.29, 1.82) is 0 Å². The number of nitrogens with zero attached hydrogens (tertiary/aromatic N) is 2. The Bertz CT molecular complexity index is 1370. The number of aromatic nitrogens is 1. The first-order valence-electron chi connectivity index (χ1n) is 11.5. The normalized spacial score (nSPS) is 16.7. The van der Waals surface area contributed by atoms with Gasteiger partial charge in [0.05, 0.1) is 43.1 Å². The molecule has 1 aromatic heterocycles. The van der Waals surface area contributed by atoms with E-state index in [4.69, 9.17) is 14.2 Å². The van der Waals surface area contributed by atoms with E-state index in [0.29, 0.717) is 28.3 Å². The van der Waals surface area contributed by atoms with E-state index in [0.717, 1.165) is 0 Å². The number of benzene rings is 2. The van der Waals surface area contributed by atoms with Gasteiger partial charge in [0.25, 0.3) is 11.7 Å². The molecule has 1 unspecified atom stereocenters. The topological polar surface area (TPSA) is 115 Å². The van der Waals surface area contributed by atoms with Gasteiger partial charge in [-0.2, -0.15) is 0 Å². The van der Waals surface area contributed by atoms with Gasteiger partial charge in [-0.1, -0.05) is 0 Å². The lowest BCUT2D eigenvalue weighted by Gasteiger charge is -2.25. The third-order valence-corrected chi connectivity index (χ3v) is 5.85. The summed E-state index contributed by atoms with van der Waals surface area (Å²) in [4.78, 5) is 44.3. The van der Waals surface area contributed by atoms with E-state index in [1.165, 1.54) is 49.7 Å². The number of hydrogen-bond donors (Lipinski definition) is 1. The molecule has 1 atom stereocenters. The molecule has 1 fully saturated rings. The number of rotatable bonds is 7. The number of Topliss-reactive ketones (excluding diaryl/α,β-unsaturated/α-hetero) is 1. The predicted molar refractivity (Wildman–Crippen MR) is 136 cm³/mol. The summed E-state index contributed by atoms with van der Waals surface area (Å²) in [6.45, 7) is 3.50. The smallest absolute Gasteiger partial charge is 0.338 e. The molecule has 0 bridgehead atoms. The van der Waals surface area contributed by atoms with E-state index in [1.807, 2.05) is 0 Å². The van der Waals surface area contributed by atoms with Crippen molar-refractivity contribution in [2.45, 2.75) is 26.0 Å². The lowest BCUT2D eigenvalue weighted by Crippen LogP contribution is -2.29. The van der Waals surface area contributed by atoms with E-state index in [-0.39, 0.29) is 17.2 Å². The minimum atomic E-state index is -0.965. The molecule has 190 valence electrons. The molecule has 2 heterocycles. The fourth-order valence-corrected chi connectivity index (χ4v) is 4.14. The van der Waals surface area contributed by atoms with Crippen molar-refractivity contribution < 1.29 is 33.7 Å². The number of ketones is 1. The summed E-state index contributed by atoms with van der Waals surface area (Å²) in [5, 5.41) is 11.4. The van der Waals surface area contributed by atoms with Gasteiger partial charge in [-0.15, -0.1) is 0 Å². The summed E-state index contributed by atoms with van der Waals surface area (Å²) in [5.41, 5.74) is 1.30. The molecule has 37 heavy (non-hydrogen) atoms. The van der Waals surface area contributed by atoms with Gasteiger partial charge < -0.3 is 19.3 Å². The highest BCUT2D eigenvalue weighted by atomic mass is 16.5. The quantitative estimate of drug-likeness (QED) is 0.220. The molecule has 9 nitrogen and oxygen atoms in total. The lowest BCUT2D eigenvalue weighted by atomic mass is 9.95. The van der Waals surface area contributed by atoms with E-state index in [1.54, 1.807) is 50.2 Å². The van der Waals surface area contributed by atoms with Gasteiger partial charge in [-0.25, -0.2) is 4.79 Å². The number of carbonyl (C=O) groups excluding carboxylic acids is 3. The number of esters is 1. The standard InChI is InChI=1S/C28H26N2O7/c1-16(2)37-28(34)18-5-7-19(8-6-18)30-24(17-11-13-29-14-12-17)23(26(32)27(30)33)25(31)21-15-20(35-3)9-10-22(21)36-4/h5-16,24,31H,1-4H3/b25-23+. The van der Waals surface area contributed by atoms with Crippen molar-refractivity contribution in [3.63, 3.8) is 0 Å². The van der Waals surface area contributed by atoms with Crippen molar-refractivity contribution in [3.8, 4) is 11.5 Å². The number of hydrogen-bond acceptors (Lipinski definition) is 8. The maximum Gasteiger partial charge on any atom is 0.338 e. The molecule has 2 aromatic carbocycles. The van der Waals surface area contributed by atoms with E-state index in [9.17, 15) is 19.5 Å². The lowest BCUT2D eigenvalue weighted by molar-refractivity contribution is -0.132. The largest absolute Gasteiger partial charge is 0.507 e. The third kappa shape index (κ3) is 4.88. The maximum absolute atomic E-state index is 13.4. The van der Waals surface area contributed by atoms with Gasteiger partial charge in [0.1, 0.15) is 17.3 Å². The highest BCUT2D eigenvalue weighted by Gasteiger charge is 2.47. The van der Waals surface area contributed by atoms with Crippen LogP contribution in [0.15, 0.2) is 72.6 Å². The third-order valence-electron chi connectivity index (χ3n) is 5.85. The van der Waals surface area contributed by atoms with E-state index in [2.05, 4.69) is 4.98 Å². The zero-order valence-electron chi connectivity index (χ0n) is 20.8. The monoisotopic (exact) mass is 502 g/mol. The van der Waals surface area contributed by atoms with Crippen LogP contribution in [-0.4, -0.2) is 48.1 Å². The first kappa shape index (κ1) is 25.4. The van der Waals surface area contributed by atoms with Crippen LogP contribution in [0.3, 0.4) is 0 Å². The summed E-state index contributed by atoms with van der Waals surface area (Å²) in [7, 11) is 2.91. The first-order valence-corrected chi connectivity index (χ1v) is 11.5. The zero-order valence-corrected chi connectivity index (χ0v) is 20.8. The molecule has 0 aliphatic carbocycles. The van der Waals surface area contributed by atoms with E-state index >= 15 is 0 Å². The Morgan fingerprint density at radius 3 is 2.24 bits per heavy atom. The van der Waals surface area contributed by atoms with Crippen LogP contribution in [-0.2, 0) is 14.3 Å². The Balaban J connectivity index is 1.87. The molecular formula is C28H26N2O7. The minimum absolute atomic E-state index is 0.119. The number of aliphatic hydroxyl groups is 1. The van der Waals surface area contributed by atoms with Gasteiger partial charge in [-0.05, 0) is 74.0 Å². The first-order chi connectivity index (χ1) is 17.8. The van der Waals surface area contributed by atoms with Crippen LogP contribution >= 0.6 is 0 Å². The van der Waals surface area contributed by atoms with Crippen molar-refractivity contribution in [2.24, 2.45) is 0 Å². The predicted octanol–water partition coefficient (Wildman–Crippen LogP) is 4.29. The second-order valence-corrected chi connectivity index (χ2v) is 8.52. The Kier molecular flexibility index (Phi) is 7.24. The van der Waals surface area contributed by atoms with Crippen LogP contribution in [0, 0.1) is 0 Å². The van der Waals surface area contributed by atoms with Gasteiger partial charge in [-0.3, -0.25) is 19.5 Å². The highest BCUT2D eigenvalue weighted by molar-refractivity contribution is 6.51. The molecule has 4 rings (SSSR count). The summed E-state index contributed by atoms with van der Waals surface area (Å²) in [6, 6.07) is 13.3. The molecule has 1 amide bonds. The number of pyridine rings is 1. The zero-order chi connectivity index (χ0) is 26.7. The van der Waals surface area contributed by atoms with Crippen molar-refractivity contribution in [3.05, 3.63) is 89.3 Å². The molecular weight excluding hydrogens is 476 g/mol. The Morgan fingerprint density at radius 2 is 1.65 bits per heavy atom. The Morgan fingerprint density at radius 1 is 0.973 bits per heavy atom. The average molecular weight is 503 g/mol. The molecule has 1 aliphatic rings. The SMILES string of the molecule is COc1ccc(OC)c(/C(O)=C2\C(=O)C(=O)N(c3ccc(C(=O)OC(C)C)cc3)C2c2ccncc2)c1. The molecule has 0 radical (unpaired) electrons. The molecule has 1 N–H and O–H groups in total. The fourth-order valence-electron chi connectivity index (χ4n) is 4.14.